The largest absolute Gasteiger partial charge is 0.386 e. The normalized spacial score (nSPS) is 34.2. The Hall–Kier alpha value is -0.200. The number of nitrogens with zero attached hydrogens (tertiary/aromatic N) is 1. The number of methoxy groups -OCH3 is 2. The average Bonchev–Trinajstić information content (AvgIpc) is 2.33. The molecule has 0 bridgehead atoms. The van der Waals surface area contributed by atoms with Gasteiger partial charge in [0.2, 0.25) is 0 Å². The predicted molar refractivity (Wildman–Crippen MR) is 64.9 cm³/mol. The zero-order chi connectivity index (χ0) is 12.8. The summed E-state index contributed by atoms with van der Waals surface area (Å²) in [5, 5.41) is 10.2. The van der Waals surface area contributed by atoms with Crippen LogP contribution in [0.4, 0.5) is 0 Å². The summed E-state index contributed by atoms with van der Waals surface area (Å²) >= 11 is 0. The van der Waals surface area contributed by atoms with Gasteiger partial charge >= 0.3 is 0 Å². The molecule has 4 atom stereocenters. The minimum atomic E-state index is -0.604. The number of likely N-dealkylation sites (N-methyl/N-ethyl adjacent to an activating group) is 1. The zero-order valence-electron chi connectivity index (χ0n) is 11.3. The highest BCUT2D eigenvalue weighted by molar-refractivity contribution is 4.87. The van der Waals surface area contributed by atoms with Crippen molar-refractivity contribution < 1.29 is 19.3 Å². The smallest absolute Gasteiger partial charge is 0.184 e. The maximum atomic E-state index is 10.2. The molecule has 1 rings (SSSR count). The van der Waals surface area contributed by atoms with Crippen LogP contribution < -0.4 is 0 Å². The summed E-state index contributed by atoms with van der Waals surface area (Å²) in [7, 11) is 3.25. The first kappa shape index (κ1) is 14.9. The predicted octanol–water partition coefficient (Wildman–Crippen LogP) is 0.466. The van der Waals surface area contributed by atoms with E-state index in [0.717, 1.165) is 19.5 Å². The molecule has 17 heavy (non-hydrogen) atoms. The van der Waals surface area contributed by atoms with Crippen molar-refractivity contribution in [3.8, 4) is 0 Å². The van der Waals surface area contributed by atoms with Crippen LogP contribution in [0.5, 0.6) is 0 Å². The zero-order valence-corrected chi connectivity index (χ0v) is 11.3. The molecule has 0 amide bonds. The molecule has 5 nitrogen and oxygen atoms in total. The van der Waals surface area contributed by atoms with Crippen molar-refractivity contribution in [1.82, 2.24) is 4.90 Å². The molecule has 0 radical (unpaired) electrons. The van der Waals surface area contributed by atoms with Gasteiger partial charge in [0.1, 0.15) is 6.10 Å². The van der Waals surface area contributed by atoms with E-state index in [1.54, 1.807) is 14.2 Å². The van der Waals surface area contributed by atoms with Gasteiger partial charge in [-0.3, -0.25) is 4.90 Å². The maximum Gasteiger partial charge on any atom is 0.184 e. The Morgan fingerprint density at radius 2 is 2.12 bits per heavy atom. The van der Waals surface area contributed by atoms with Crippen LogP contribution in [0.15, 0.2) is 0 Å². The van der Waals surface area contributed by atoms with Crippen molar-refractivity contribution in [1.29, 1.82) is 0 Å². The van der Waals surface area contributed by atoms with Gasteiger partial charge in [-0.25, -0.2) is 0 Å². The van der Waals surface area contributed by atoms with Crippen LogP contribution in [0.3, 0.4) is 0 Å². The first-order chi connectivity index (χ1) is 8.13. The van der Waals surface area contributed by atoms with Crippen LogP contribution in [0.25, 0.3) is 0 Å². The molecule has 2 unspecified atom stereocenters. The van der Waals surface area contributed by atoms with Gasteiger partial charge in [0, 0.05) is 26.8 Å². The molecule has 1 saturated heterocycles. The van der Waals surface area contributed by atoms with Crippen LogP contribution in [0, 0.1) is 0 Å². The van der Waals surface area contributed by atoms with E-state index in [9.17, 15) is 5.11 Å². The summed E-state index contributed by atoms with van der Waals surface area (Å²) in [6.45, 7) is 6.47. The first-order valence-corrected chi connectivity index (χ1v) is 6.23. The Morgan fingerprint density at radius 3 is 2.65 bits per heavy atom. The first-order valence-electron chi connectivity index (χ1n) is 6.23. The van der Waals surface area contributed by atoms with Crippen LogP contribution in [-0.2, 0) is 14.2 Å². The molecule has 1 N–H and O–H groups in total. The summed E-state index contributed by atoms with van der Waals surface area (Å²) in [6, 6.07) is 0.0730. The second kappa shape index (κ2) is 7.28. The van der Waals surface area contributed by atoms with E-state index in [0.29, 0.717) is 6.61 Å². The standard InChI is InChI=1S/C12H25NO4/c1-5-13(6-7-15-3)10-8-9(2)17-12(16-4)11(10)14/h9-12,14H,5-8H2,1-4H3/t9-,10?,11?,12-/m1/s1. The van der Waals surface area contributed by atoms with Gasteiger partial charge in [-0.2, -0.15) is 0 Å². The number of rotatable bonds is 6. The molecular formula is C12H25NO4. The third kappa shape index (κ3) is 3.89. The molecule has 1 aliphatic rings. The molecule has 1 heterocycles. The highest BCUT2D eigenvalue weighted by Gasteiger charge is 2.38. The van der Waals surface area contributed by atoms with Gasteiger partial charge in [0.15, 0.2) is 6.29 Å². The monoisotopic (exact) mass is 247 g/mol. The number of ether oxygens (including phenoxy) is 3. The van der Waals surface area contributed by atoms with Crippen molar-refractivity contribution in [2.24, 2.45) is 0 Å². The number of aliphatic hydroxyl groups excluding tert-OH is 1. The molecule has 0 aromatic rings. The topological polar surface area (TPSA) is 51.2 Å². The fourth-order valence-electron chi connectivity index (χ4n) is 2.35. The summed E-state index contributed by atoms with van der Waals surface area (Å²) in [5.74, 6) is 0. The Kier molecular flexibility index (Phi) is 6.37. The van der Waals surface area contributed by atoms with Gasteiger partial charge in [0.25, 0.3) is 0 Å². The Balaban J connectivity index is 2.64. The molecule has 0 aliphatic carbocycles. The lowest BCUT2D eigenvalue weighted by molar-refractivity contribution is -0.245. The van der Waals surface area contributed by atoms with Gasteiger partial charge in [-0.15, -0.1) is 0 Å². The SMILES string of the molecule is CCN(CCOC)C1C[C@@H](C)O[C@@H](OC)C1O. The van der Waals surface area contributed by atoms with E-state index in [-0.39, 0.29) is 12.1 Å². The third-order valence-corrected chi connectivity index (χ3v) is 3.30. The number of aliphatic hydroxyl groups is 1. The summed E-state index contributed by atoms with van der Waals surface area (Å²) in [5.41, 5.74) is 0. The lowest BCUT2D eigenvalue weighted by atomic mass is 9.98. The highest BCUT2D eigenvalue weighted by Crippen LogP contribution is 2.24. The fraction of sp³-hybridized carbons (Fsp3) is 1.00. The van der Waals surface area contributed by atoms with E-state index in [1.807, 2.05) is 6.92 Å². The lowest BCUT2D eigenvalue weighted by Gasteiger charge is -2.42. The summed E-state index contributed by atoms with van der Waals surface area (Å²) in [4.78, 5) is 2.22. The van der Waals surface area contributed by atoms with E-state index in [1.165, 1.54) is 0 Å². The maximum absolute atomic E-state index is 10.2. The van der Waals surface area contributed by atoms with Gasteiger partial charge in [-0.05, 0) is 19.9 Å². The van der Waals surface area contributed by atoms with E-state index in [4.69, 9.17) is 14.2 Å². The van der Waals surface area contributed by atoms with E-state index >= 15 is 0 Å². The van der Waals surface area contributed by atoms with Crippen molar-refractivity contribution in [3.05, 3.63) is 0 Å². The number of hydrogen-bond acceptors (Lipinski definition) is 5. The minimum Gasteiger partial charge on any atom is -0.386 e. The molecule has 0 aromatic heterocycles. The highest BCUT2D eigenvalue weighted by atomic mass is 16.7. The van der Waals surface area contributed by atoms with Gasteiger partial charge < -0.3 is 19.3 Å². The second-order valence-electron chi connectivity index (χ2n) is 4.47. The van der Waals surface area contributed by atoms with E-state index in [2.05, 4.69) is 11.8 Å². The van der Waals surface area contributed by atoms with Gasteiger partial charge in [0.05, 0.1) is 12.7 Å². The van der Waals surface area contributed by atoms with Crippen molar-refractivity contribution in [3.63, 3.8) is 0 Å². The molecule has 0 spiro atoms. The second-order valence-corrected chi connectivity index (χ2v) is 4.47. The summed E-state index contributed by atoms with van der Waals surface area (Å²) < 4.78 is 15.8. The third-order valence-electron chi connectivity index (χ3n) is 3.30. The Bertz CT molecular complexity index is 215. The minimum absolute atomic E-state index is 0.0730. The molecule has 1 fully saturated rings. The molecule has 5 heteroatoms. The van der Waals surface area contributed by atoms with Crippen LogP contribution in [-0.4, -0.2) is 68.5 Å². The number of hydrogen-bond donors (Lipinski definition) is 1. The van der Waals surface area contributed by atoms with Crippen molar-refractivity contribution >= 4 is 0 Å². The Labute approximate surface area is 104 Å². The van der Waals surface area contributed by atoms with Crippen LogP contribution in [0.1, 0.15) is 20.3 Å². The fourth-order valence-corrected chi connectivity index (χ4v) is 2.35. The van der Waals surface area contributed by atoms with E-state index < -0.39 is 12.4 Å². The van der Waals surface area contributed by atoms with Crippen molar-refractivity contribution in [2.45, 2.75) is 44.8 Å². The molecular weight excluding hydrogens is 222 g/mol. The Morgan fingerprint density at radius 1 is 1.41 bits per heavy atom. The average molecular weight is 247 g/mol. The molecule has 0 aromatic carbocycles. The molecule has 0 saturated carbocycles. The van der Waals surface area contributed by atoms with Gasteiger partial charge in [-0.1, -0.05) is 6.92 Å². The van der Waals surface area contributed by atoms with Crippen molar-refractivity contribution in [2.75, 3.05) is 33.9 Å². The van der Waals surface area contributed by atoms with Crippen LogP contribution >= 0.6 is 0 Å². The van der Waals surface area contributed by atoms with Crippen LogP contribution in [0.2, 0.25) is 0 Å². The molecule has 102 valence electrons. The quantitative estimate of drug-likeness (QED) is 0.739. The summed E-state index contributed by atoms with van der Waals surface area (Å²) in [6.07, 6.45) is -0.211. The molecule has 1 aliphatic heterocycles. The lowest BCUT2D eigenvalue weighted by Crippen LogP contribution is -2.56.